The SMILES string of the molecule is COC(CC(F)(F)C(F)(F)C(F)(F)C(F)(F)C(F)(F)C(F)(F)F)c1ccc(-c2ccccc2)cc1. The zero-order chi connectivity index (χ0) is 27.1. The third-order valence-electron chi connectivity index (χ3n) is 5.11. The fraction of sp³-hybridized carbons (Fsp3) is 0.429. The van der Waals surface area contributed by atoms with E-state index in [1.807, 2.05) is 0 Å². The Bertz CT molecular complexity index is 983. The van der Waals surface area contributed by atoms with Crippen LogP contribution in [0.5, 0.6) is 0 Å². The highest BCUT2D eigenvalue weighted by Gasteiger charge is 2.90. The summed E-state index contributed by atoms with van der Waals surface area (Å²) in [5.41, 5.74) is 0.817. The minimum Gasteiger partial charge on any atom is -0.377 e. The maximum absolute atomic E-state index is 14.2. The highest BCUT2D eigenvalue weighted by molar-refractivity contribution is 5.63. The summed E-state index contributed by atoms with van der Waals surface area (Å²) in [4.78, 5) is 0. The zero-order valence-corrected chi connectivity index (χ0v) is 17.3. The Hall–Kier alpha value is -2.51. The second-order valence-electron chi connectivity index (χ2n) is 7.42. The molecule has 0 spiro atoms. The molecular formula is C21H15F13O. The van der Waals surface area contributed by atoms with Crippen molar-refractivity contribution in [2.75, 3.05) is 7.11 Å². The van der Waals surface area contributed by atoms with Gasteiger partial charge < -0.3 is 4.74 Å². The van der Waals surface area contributed by atoms with Crippen LogP contribution in [0.25, 0.3) is 11.1 Å². The lowest BCUT2D eigenvalue weighted by atomic mass is 9.90. The molecule has 0 saturated carbocycles. The molecule has 0 fully saturated rings. The van der Waals surface area contributed by atoms with Crippen LogP contribution in [0, 0.1) is 0 Å². The molecule has 1 unspecified atom stereocenters. The van der Waals surface area contributed by atoms with Crippen LogP contribution in [0.15, 0.2) is 54.6 Å². The van der Waals surface area contributed by atoms with Crippen molar-refractivity contribution in [1.82, 2.24) is 0 Å². The number of hydrogen-bond acceptors (Lipinski definition) is 1. The normalized spacial score (nSPS) is 15.3. The van der Waals surface area contributed by atoms with Crippen molar-refractivity contribution < 1.29 is 61.8 Å². The Morgan fingerprint density at radius 2 is 1.00 bits per heavy atom. The van der Waals surface area contributed by atoms with Crippen molar-refractivity contribution >= 4 is 0 Å². The van der Waals surface area contributed by atoms with Gasteiger partial charge in [-0.1, -0.05) is 54.6 Å². The third-order valence-corrected chi connectivity index (χ3v) is 5.11. The van der Waals surface area contributed by atoms with Gasteiger partial charge in [-0.2, -0.15) is 57.1 Å². The van der Waals surface area contributed by atoms with Gasteiger partial charge in [-0.05, 0) is 16.7 Å². The molecule has 196 valence electrons. The summed E-state index contributed by atoms with van der Waals surface area (Å²) in [6.07, 6.45) is -12.1. The van der Waals surface area contributed by atoms with E-state index in [1.165, 1.54) is 12.1 Å². The lowest BCUT2D eigenvalue weighted by Gasteiger charge is -2.40. The first kappa shape index (κ1) is 28.7. The quantitative estimate of drug-likeness (QED) is 0.297. The van der Waals surface area contributed by atoms with E-state index in [4.69, 9.17) is 0 Å². The van der Waals surface area contributed by atoms with E-state index in [0.29, 0.717) is 18.2 Å². The van der Waals surface area contributed by atoms with Crippen LogP contribution in [-0.2, 0) is 4.74 Å². The van der Waals surface area contributed by atoms with E-state index < -0.39 is 48.3 Å². The summed E-state index contributed by atoms with van der Waals surface area (Å²) >= 11 is 0. The summed E-state index contributed by atoms with van der Waals surface area (Å²) in [5, 5.41) is 0. The number of hydrogen-bond donors (Lipinski definition) is 0. The fourth-order valence-corrected chi connectivity index (χ4v) is 3.02. The first-order valence-corrected chi connectivity index (χ1v) is 9.38. The van der Waals surface area contributed by atoms with Gasteiger partial charge in [0.1, 0.15) is 0 Å². The minimum absolute atomic E-state index is 0.321. The molecular weight excluding hydrogens is 515 g/mol. The van der Waals surface area contributed by atoms with Gasteiger partial charge in [0.05, 0.1) is 6.10 Å². The molecule has 0 heterocycles. The Morgan fingerprint density at radius 3 is 1.43 bits per heavy atom. The van der Waals surface area contributed by atoms with Gasteiger partial charge in [-0.25, -0.2) is 0 Å². The Kier molecular flexibility index (Phi) is 7.53. The topological polar surface area (TPSA) is 9.23 Å². The molecule has 0 bridgehead atoms. The third kappa shape index (κ3) is 4.81. The second-order valence-corrected chi connectivity index (χ2v) is 7.42. The van der Waals surface area contributed by atoms with Crippen LogP contribution < -0.4 is 0 Å². The van der Waals surface area contributed by atoms with Gasteiger partial charge >= 0.3 is 35.8 Å². The first-order valence-electron chi connectivity index (χ1n) is 9.38. The number of alkyl halides is 13. The number of methoxy groups -OCH3 is 1. The highest BCUT2D eigenvalue weighted by atomic mass is 19.4. The van der Waals surface area contributed by atoms with Gasteiger partial charge in [0.15, 0.2) is 0 Å². The van der Waals surface area contributed by atoms with E-state index in [1.54, 1.807) is 30.3 Å². The van der Waals surface area contributed by atoms with Crippen molar-refractivity contribution in [3.63, 3.8) is 0 Å². The molecule has 1 nitrogen and oxygen atoms in total. The maximum Gasteiger partial charge on any atom is 0.460 e. The first-order chi connectivity index (χ1) is 15.7. The number of rotatable bonds is 9. The average molecular weight is 530 g/mol. The summed E-state index contributed by atoms with van der Waals surface area (Å²) in [5.74, 6) is -37.1. The number of halogens is 13. The summed E-state index contributed by atoms with van der Waals surface area (Å²) in [7, 11) is 0.675. The fourth-order valence-electron chi connectivity index (χ4n) is 3.02. The van der Waals surface area contributed by atoms with Gasteiger partial charge in [-0.15, -0.1) is 0 Å². The molecule has 0 aliphatic carbocycles. The van der Waals surface area contributed by atoms with Crippen LogP contribution in [0.3, 0.4) is 0 Å². The molecule has 0 aliphatic rings. The van der Waals surface area contributed by atoms with Crippen molar-refractivity contribution in [3.05, 3.63) is 60.2 Å². The molecule has 2 aromatic carbocycles. The van der Waals surface area contributed by atoms with Gasteiger partial charge in [0, 0.05) is 13.5 Å². The highest BCUT2D eigenvalue weighted by Crippen LogP contribution is 2.61. The molecule has 0 amide bonds. The molecule has 0 N–H and O–H groups in total. The van der Waals surface area contributed by atoms with E-state index in [0.717, 1.165) is 12.1 Å². The second kappa shape index (κ2) is 9.17. The van der Waals surface area contributed by atoms with E-state index in [2.05, 4.69) is 4.74 Å². The smallest absolute Gasteiger partial charge is 0.377 e. The predicted molar refractivity (Wildman–Crippen MR) is 97.0 cm³/mol. The van der Waals surface area contributed by atoms with E-state index in [9.17, 15) is 57.1 Å². The van der Waals surface area contributed by atoms with Gasteiger partial charge in [-0.3, -0.25) is 0 Å². The van der Waals surface area contributed by atoms with Crippen LogP contribution in [0.4, 0.5) is 57.1 Å². The van der Waals surface area contributed by atoms with Crippen LogP contribution in [-0.4, -0.2) is 42.9 Å². The molecule has 0 radical (unpaired) electrons. The van der Waals surface area contributed by atoms with Crippen molar-refractivity contribution in [3.8, 4) is 11.1 Å². The summed E-state index contributed by atoms with van der Waals surface area (Å²) < 4.78 is 177. The minimum atomic E-state index is -7.93. The molecule has 0 aliphatic heterocycles. The standard InChI is InChI=1S/C21H15F13O/c1-35-15(14-9-7-13(8-10-14)12-5-3-2-4-6-12)11-16(22,23)17(24,25)18(26,27)19(28,29)20(30,31)21(32,33)34/h2-10,15H,11H2,1H3. The van der Waals surface area contributed by atoms with Crippen LogP contribution in [0.2, 0.25) is 0 Å². The Balaban J connectivity index is 2.38. The zero-order valence-electron chi connectivity index (χ0n) is 17.3. The lowest BCUT2D eigenvalue weighted by Crippen LogP contribution is -2.70. The van der Waals surface area contributed by atoms with Crippen molar-refractivity contribution in [1.29, 1.82) is 0 Å². The predicted octanol–water partition coefficient (Wildman–Crippen LogP) is 8.17. The number of ether oxygens (including phenoxy) is 1. The monoisotopic (exact) mass is 530 g/mol. The Morgan fingerprint density at radius 1 is 0.571 bits per heavy atom. The largest absolute Gasteiger partial charge is 0.460 e. The van der Waals surface area contributed by atoms with Crippen LogP contribution >= 0.6 is 0 Å². The lowest BCUT2D eigenvalue weighted by molar-refractivity contribution is -0.440. The molecule has 2 aromatic rings. The molecule has 1 atom stereocenters. The molecule has 0 aromatic heterocycles. The molecule has 35 heavy (non-hydrogen) atoms. The average Bonchev–Trinajstić information content (AvgIpc) is 2.77. The summed E-state index contributed by atoms with van der Waals surface area (Å²) in [6, 6.07) is 13.0. The van der Waals surface area contributed by atoms with Crippen LogP contribution in [0.1, 0.15) is 18.1 Å². The van der Waals surface area contributed by atoms with Gasteiger partial charge in [0.25, 0.3) is 0 Å². The molecule has 14 heteroatoms. The Labute approximate surface area is 189 Å². The molecule has 2 rings (SSSR count). The van der Waals surface area contributed by atoms with Gasteiger partial charge in [0.2, 0.25) is 0 Å². The molecule has 0 saturated heterocycles. The van der Waals surface area contributed by atoms with E-state index in [-0.39, 0.29) is 5.56 Å². The maximum atomic E-state index is 14.2. The van der Waals surface area contributed by atoms with Crippen molar-refractivity contribution in [2.45, 2.75) is 48.3 Å². The number of benzene rings is 2. The summed E-state index contributed by atoms with van der Waals surface area (Å²) in [6.45, 7) is 0. The van der Waals surface area contributed by atoms with Crippen molar-refractivity contribution in [2.24, 2.45) is 0 Å². The van der Waals surface area contributed by atoms with E-state index >= 15 is 0 Å².